The molecule has 0 aromatic carbocycles. The molecule has 0 atom stereocenters. The van der Waals surface area contributed by atoms with Gasteiger partial charge in [0.05, 0.1) is 10.6 Å². The van der Waals surface area contributed by atoms with Crippen LogP contribution in [0.25, 0.3) is 0 Å². The molecule has 0 aliphatic carbocycles. The number of hydrogen-bond donors (Lipinski definition) is 0. The largest absolute Gasteiger partial charge is 0.348 e. The highest BCUT2D eigenvalue weighted by Gasteiger charge is 2.26. The van der Waals surface area contributed by atoms with Gasteiger partial charge in [-0.25, -0.2) is 4.98 Å². The standard InChI is InChI=1S/C12H18N2OS/c1-9-10(8-15)16-11(13-9)14-6-4-12(2,3)5-7-14/h8H,4-7H2,1-3H3. The summed E-state index contributed by atoms with van der Waals surface area (Å²) in [6.07, 6.45) is 3.30. The first-order chi connectivity index (χ1) is 7.52. The van der Waals surface area contributed by atoms with Gasteiger partial charge in [0.25, 0.3) is 0 Å². The summed E-state index contributed by atoms with van der Waals surface area (Å²) in [6, 6.07) is 0. The zero-order valence-electron chi connectivity index (χ0n) is 10.1. The summed E-state index contributed by atoms with van der Waals surface area (Å²) in [4.78, 5) is 18.3. The number of aryl methyl sites for hydroxylation is 1. The van der Waals surface area contributed by atoms with Crippen LogP contribution in [0.2, 0.25) is 0 Å². The fourth-order valence-corrected chi connectivity index (χ4v) is 2.87. The maximum atomic E-state index is 10.8. The van der Waals surface area contributed by atoms with Crippen LogP contribution in [0.1, 0.15) is 42.1 Å². The molecule has 1 aromatic rings. The first kappa shape index (κ1) is 11.6. The van der Waals surface area contributed by atoms with Crippen LogP contribution < -0.4 is 4.90 Å². The molecule has 1 aliphatic rings. The van der Waals surface area contributed by atoms with Crippen LogP contribution in [-0.2, 0) is 0 Å². The Labute approximate surface area is 100 Å². The third kappa shape index (κ3) is 2.26. The third-order valence-electron chi connectivity index (χ3n) is 3.32. The molecule has 4 heteroatoms. The van der Waals surface area contributed by atoms with Gasteiger partial charge in [-0.15, -0.1) is 0 Å². The summed E-state index contributed by atoms with van der Waals surface area (Å²) < 4.78 is 0. The van der Waals surface area contributed by atoms with Gasteiger partial charge >= 0.3 is 0 Å². The first-order valence-corrected chi connectivity index (χ1v) is 6.51. The summed E-state index contributed by atoms with van der Waals surface area (Å²) in [5.74, 6) is 0. The molecule has 2 rings (SSSR count). The Hall–Kier alpha value is -0.900. The highest BCUT2D eigenvalue weighted by atomic mass is 32.1. The Bertz CT molecular complexity index is 388. The molecule has 0 saturated carbocycles. The normalized spacial score (nSPS) is 19.8. The van der Waals surface area contributed by atoms with Crippen LogP contribution in [0, 0.1) is 12.3 Å². The van der Waals surface area contributed by atoms with E-state index in [4.69, 9.17) is 0 Å². The van der Waals surface area contributed by atoms with E-state index in [1.807, 2.05) is 6.92 Å². The number of hydrogen-bond acceptors (Lipinski definition) is 4. The second-order valence-electron chi connectivity index (χ2n) is 5.22. The minimum Gasteiger partial charge on any atom is -0.348 e. The first-order valence-electron chi connectivity index (χ1n) is 5.69. The second kappa shape index (κ2) is 4.17. The van der Waals surface area contributed by atoms with Gasteiger partial charge in [-0.1, -0.05) is 25.2 Å². The van der Waals surface area contributed by atoms with E-state index in [0.29, 0.717) is 5.41 Å². The average molecular weight is 238 g/mol. The van der Waals surface area contributed by atoms with Gasteiger partial charge in [0.1, 0.15) is 0 Å². The second-order valence-corrected chi connectivity index (χ2v) is 6.22. The molecule has 88 valence electrons. The Morgan fingerprint density at radius 3 is 2.50 bits per heavy atom. The van der Waals surface area contributed by atoms with Crippen molar-refractivity contribution in [2.24, 2.45) is 5.41 Å². The van der Waals surface area contributed by atoms with Crippen molar-refractivity contribution in [2.45, 2.75) is 33.6 Å². The van der Waals surface area contributed by atoms with Crippen molar-refractivity contribution in [1.82, 2.24) is 4.98 Å². The van der Waals surface area contributed by atoms with Gasteiger partial charge in [-0.2, -0.15) is 0 Å². The molecule has 3 nitrogen and oxygen atoms in total. The van der Waals surface area contributed by atoms with Crippen molar-refractivity contribution < 1.29 is 4.79 Å². The summed E-state index contributed by atoms with van der Waals surface area (Å²) in [5.41, 5.74) is 1.32. The number of aldehydes is 1. The summed E-state index contributed by atoms with van der Waals surface area (Å²) in [7, 11) is 0. The molecule has 0 spiro atoms. The molecule has 2 heterocycles. The van der Waals surface area contributed by atoms with E-state index in [1.54, 1.807) is 0 Å². The number of carbonyl (C=O) groups excluding carboxylic acids is 1. The van der Waals surface area contributed by atoms with Crippen LogP contribution in [0.3, 0.4) is 0 Å². The van der Waals surface area contributed by atoms with E-state index in [0.717, 1.165) is 35.1 Å². The lowest BCUT2D eigenvalue weighted by atomic mass is 9.83. The van der Waals surface area contributed by atoms with E-state index in [-0.39, 0.29) is 0 Å². The smallest absolute Gasteiger partial charge is 0.186 e. The Morgan fingerprint density at radius 2 is 2.00 bits per heavy atom. The van der Waals surface area contributed by atoms with Crippen molar-refractivity contribution in [3.8, 4) is 0 Å². The predicted molar refractivity (Wildman–Crippen MR) is 67.5 cm³/mol. The highest BCUT2D eigenvalue weighted by molar-refractivity contribution is 7.17. The summed E-state index contributed by atoms with van der Waals surface area (Å²) in [5, 5.41) is 1.01. The molecule has 0 radical (unpaired) electrons. The van der Waals surface area contributed by atoms with Gasteiger partial charge in [0.2, 0.25) is 0 Å². The Kier molecular flexibility index (Phi) is 3.02. The van der Waals surface area contributed by atoms with Gasteiger partial charge in [0, 0.05) is 13.1 Å². The molecular formula is C12H18N2OS. The Morgan fingerprint density at radius 1 is 1.38 bits per heavy atom. The van der Waals surface area contributed by atoms with Gasteiger partial charge in [-0.3, -0.25) is 4.79 Å². The predicted octanol–water partition coefficient (Wildman–Crippen LogP) is 2.89. The SMILES string of the molecule is Cc1nc(N2CCC(C)(C)CC2)sc1C=O. The molecule has 0 amide bonds. The number of rotatable bonds is 2. The number of thiazole rings is 1. The van der Waals surface area contributed by atoms with E-state index in [9.17, 15) is 4.79 Å². The fraction of sp³-hybridized carbons (Fsp3) is 0.667. The number of piperidine rings is 1. The Balaban J connectivity index is 2.11. The van der Waals surface area contributed by atoms with Crippen LogP contribution in [0.4, 0.5) is 5.13 Å². The van der Waals surface area contributed by atoms with Crippen molar-refractivity contribution in [3.63, 3.8) is 0 Å². The van der Waals surface area contributed by atoms with E-state index >= 15 is 0 Å². The van der Waals surface area contributed by atoms with E-state index < -0.39 is 0 Å². The molecule has 0 unspecified atom stereocenters. The van der Waals surface area contributed by atoms with Crippen LogP contribution in [0.15, 0.2) is 0 Å². The topological polar surface area (TPSA) is 33.2 Å². The van der Waals surface area contributed by atoms with Gasteiger partial charge in [-0.05, 0) is 25.2 Å². The summed E-state index contributed by atoms with van der Waals surface area (Å²) >= 11 is 1.51. The number of aromatic nitrogens is 1. The fourth-order valence-electron chi connectivity index (χ4n) is 1.94. The van der Waals surface area contributed by atoms with E-state index in [1.165, 1.54) is 24.2 Å². The minimum absolute atomic E-state index is 0.455. The van der Waals surface area contributed by atoms with Crippen molar-refractivity contribution in [3.05, 3.63) is 10.6 Å². The molecule has 16 heavy (non-hydrogen) atoms. The number of carbonyl (C=O) groups is 1. The maximum absolute atomic E-state index is 10.8. The lowest BCUT2D eigenvalue weighted by Crippen LogP contribution is -2.37. The zero-order chi connectivity index (χ0) is 11.8. The van der Waals surface area contributed by atoms with E-state index in [2.05, 4.69) is 23.7 Å². The molecule has 1 aliphatic heterocycles. The molecule has 1 fully saturated rings. The molecule has 1 saturated heterocycles. The number of anilines is 1. The van der Waals surface area contributed by atoms with Crippen molar-refractivity contribution in [1.29, 1.82) is 0 Å². The van der Waals surface area contributed by atoms with Gasteiger partial charge in [0.15, 0.2) is 11.4 Å². The number of nitrogens with zero attached hydrogens (tertiary/aromatic N) is 2. The lowest BCUT2D eigenvalue weighted by Gasteiger charge is -2.36. The maximum Gasteiger partial charge on any atom is 0.186 e. The monoisotopic (exact) mass is 238 g/mol. The highest BCUT2D eigenvalue weighted by Crippen LogP contribution is 2.34. The van der Waals surface area contributed by atoms with Crippen LogP contribution in [-0.4, -0.2) is 24.4 Å². The quantitative estimate of drug-likeness (QED) is 0.743. The molecule has 1 aromatic heterocycles. The van der Waals surface area contributed by atoms with Crippen molar-refractivity contribution >= 4 is 22.8 Å². The lowest BCUT2D eigenvalue weighted by molar-refractivity contribution is 0.112. The van der Waals surface area contributed by atoms with Gasteiger partial charge < -0.3 is 4.90 Å². The third-order valence-corrected chi connectivity index (χ3v) is 4.46. The molecule has 0 N–H and O–H groups in total. The summed E-state index contributed by atoms with van der Waals surface area (Å²) in [6.45, 7) is 8.64. The molecule has 0 bridgehead atoms. The minimum atomic E-state index is 0.455. The van der Waals surface area contributed by atoms with Crippen molar-refractivity contribution in [2.75, 3.05) is 18.0 Å². The van der Waals surface area contributed by atoms with Crippen LogP contribution in [0.5, 0.6) is 0 Å². The molecular weight excluding hydrogens is 220 g/mol. The average Bonchev–Trinajstić information content (AvgIpc) is 2.59. The van der Waals surface area contributed by atoms with Crippen LogP contribution >= 0.6 is 11.3 Å². The zero-order valence-corrected chi connectivity index (χ0v) is 10.9.